The molecule has 14 heavy (non-hydrogen) atoms. The number of benzene rings is 1. The largest absolute Gasteiger partial charge is 0.227 e. The van der Waals surface area contributed by atoms with E-state index in [0.717, 1.165) is 0 Å². The summed E-state index contributed by atoms with van der Waals surface area (Å²) in [7, 11) is -2.66. The molecular formula is C9H6ClNO2S. The molecule has 72 valence electrons. The number of nitriles is 1. The summed E-state index contributed by atoms with van der Waals surface area (Å²) in [5, 5.41) is 8.38. The molecule has 3 nitrogen and oxygen atoms in total. The molecule has 1 aromatic rings. The second-order valence-electron chi connectivity index (χ2n) is 2.42. The molecular weight excluding hydrogens is 222 g/mol. The second kappa shape index (κ2) is 4.80. The third kappa shape index (κ3) is 2.59. The van der Waals surface area contributed by atoms with Crippen LogP contribution in [0, 0.1) is 11.3 Å². The van der Waals surface area contributed by atoms with Gasteiger partial charge in [0.05, 0.1) is 4.90 Å². The van der Waals surface area contributed by atoms with Crippen molar-refractivity contribution in [1.82, 2.24) is 0 Å². The quantitative estimate of drug-likeness (QED) is 0.619. The minimum absolute atomic E-state index is 0.0469. The topological polar surface area (TPSA) is 57.9 Å². The molecule has 0 N–H and O–H groups in total. The molecule has 0 aliphatic heterocycles. The smallest absolute Gasteiger partial charge is 0.168 e. The molecule has 1 rings (SSSR count). The van der Waals surface area contributed by atoms with Crippen LogP contribution < -0.4 is 0 Å². The van der Waals surface area contributed by atoms with Gasteiger partial charge in [0.25, 0.3) is 0 Å². The van der Waals surface area contributed by atoms with E-state index in [-0.39, 0.29) is 9.93 Å². The minimum Gasteiger partial charge on any atom is -0.227 e. The fourth-order valence-corrected chi connectivity index (χ4v) is 1.62. The standard InChI is InChI=1S/C9H6ClNO2S/c10-8(6-11)5-7-3-1-2-4-9(7)14(12)13/h1-5,14H. The Bertz CT molecular complexity index is 478. The molecule has 0 fully saturated rings. The maximum atomic E-state index is 10.8. The highest BCUT2D eigenvalue weighted by molar-refractivity contribution is 7.72. The van der Waals surface area contributed by atoms with Crippen molar-refractivity contribution in [1.29, 1.82) is 5.26 Å². The van der Waals surface area contributed by atoms with Crippen LogP contribution in [-0.4, -0.2) is 8.42 Å². The molecule has 0 aliphatic rings. The summed E-state index contributed by atoms with van der Waals surface area (Å²) in [5.74, 6) is 0. The van der Waals surface area contributed by atoms with Crippen LogP contribution in [0.2, 0.25) is 0 Å². The summed E-state index contributed by atoms with van der Waals surface area (Å²) in [6.45, 7) is 0. The monoisotopic (exact) mass is 227 g/mol. The average Bonchev–Trinajstić information content (AvgIpc) is 2.18. The van der Waals surface area contributed by atoms with Gasteiger partial charge in [-0.2, -0.15) is 5.26 Å². The summed E-state index contributed by atoms with van der Waals surface area (Å²) in [6.07, 6.45) is 1.32. The molecule has 1 aromatic carbocycles. The Kier molecular flexibility index (Phi) is 3.69. The predicted molar refractivity (Wildman–Crippen MR) is 54.5 cm³/mol. The van der Waals surface area contributed by atoms with Gasteiger partial charge in [-0.25, -0.2) is 8.42 Å². The Morgan fingerprint density at radius 3 is 2.64 bits per heavy atom. The number of rotatable bonds is 2. The van der Waals surface area contributed by atoms with Crippen molar-refractivity contribution in [3.8, 4) is 6.07 Å². The van der Waals surface area contributed by atoms with Crippen LogP contribution in [0.4, 0.5) is 0 Å². The third-order valence-corrected chi connectivity index (χ3v) is 2.52. The maximum Gasteiger partial charge on any atom is 0.168 e. The van der Waals surface area contributed by atoms with Gasteiger partial charge in [-0.15, -0.1) is 0 Å². The molecule has 0 heterocycles. The fourth-order valence-electron chi connectivity index (χ4n) is 0.945. The first kappa shape index (κ1) is 10.8. The van der Waals surface area contributed by atoms with Gasteiger partial charge >= 0.3 is 0 Å². The average molecular weight is 228 g/mol. The SMILES string of the molecule is N#CC(Cl)=Cc1ccccc1[SH](=O)=O. The maximum absolute atomic E-state index is 10.8. The summed E-state index contributed by atoms with van der Waals surface area (Å²) in [6, 6.07) is 8.04. The van der Waals surface area contributed by atoms with Crippen molar-refractivity contribution in [2.45, 2.75) is 4.90 Å². The van der Waals surface area contributed by atoms with E-state index < -0.39 is 10.7 Å². The lowest BCUT2D eigenvalue weighted by molar-refractivity contribution is 0.614. The molecule has 0 unspecified atom stereocenters. The van der Waals surface area contributed by atoms with Crippen LogP contribution in [-0.2, 0) is 10.7 Å². The lowest BCUT2D eigenvalue weighted by Gasteiger charge is -1.96. The van der Waals surface area contributed by atoms with Crippen molar-refractivity contribution >= 4 is 28.4 Å². The number of hydrogen-bond acceptors (Lipinski definition) is 3. The van der Waals surface area contributed by atoms with Crippen molar-refractivity contribution < 1.29 is 8.42 Å². The molecule has 0 spiro atoms. The number of halogens is 1. The highest BCUT2D eigenvalue weighted by atomic mass is 35.5. The molecule has 0 saturated carbocycles. The summed E-state index contributed by atoms with van der Waals surface area (Å²) >= 11 is 5.48. The summed E-state index contributed by atoms with van der Waals surface area (Å²) in [4.78, 5) is 0.163. The van der Waals surface area contributed by atoms with Crippen molar-refractivity contribution in [3.05, 3.63) is 34.9 Å². The third-order valence-electron chi connectivity index (χ3n) is 1.52. The van der Waals surface area contributed by atoms with E-state index in [2.05, 4.69) is 0 Å². The molecule has 0 radical (unpaired) electrons. The predicted octanol–water partition coefficient (Wildman–Crippen LogP) is 1.76. The van der Waals surface area contributed by atoms with Gasteiger partial charge in [-0.05, 0) is 17.7 Å². The lowest BCUT2D eigenvalue weighted by Crippen LogP contribution is -1.85. The Labute approximate surface area is 88.2 Å². The number of nitrogens with zero attached hydrogens (tertiary/aromatic N) is 1. The van der Waals surface area contributed by atoms with E-state index in [1.165, 1.54) is 12.1 Å². The van der Waals surface area contributed by atoms with E-state index in [4.69, 9.17) is 16.9 Å². The highest BCUT2D eigenvalue weighted by Crippen LogP contribution is 2.15. The molecule has 5 heteroatoms. The van der Waals surface area contributed by atoms with E-state index in [0.29, 0.717) is 5.56 Å². The van der Waals surface area contributed by atoms with Crippen LogP contribution in [0.3, 0.4) is 0 Å². The normalized spacial score (nSPS) is 11.4. The fraction of sp³-hybridized carbons (Fsp3) is 0. The molecule has 0 aromatic heterocycles. The molecule has 0 aliphatic carbocycles. The minimum atomic E-state index is -2.66. The van der Waals surface area contributed by atoms with Crippen LogP contribution in [0.5, 0.6) is 0 Å². The molecule has 0 atom stereocenters. The van der Waals surface area contributed by atoms with Gasteiger partial charge in [0.2, 0.25) is 0 Å². The zero-order valence-corrected chi connectivity index (χ0v) is 8.63. The van der Waals surface area contributed by atoms with Crippen LogP contribution in [0.15, 0.2) is 34.2 Å². The summed E-state index contributed by atoms with van der Waals surface area (Å²) in [5.41, 5.74) is 0.426. The molecule has 0 amide bonds. The van der Waals surface area contributed by atoms with Gasteiger partial charge in [0, 0.05) is 0 Å². The zero-order valence-electron chi connectivity index (χ0n) is 6.98. The van der Waals surface area contributed by atoms with Crippen molar-refractivity contribution in [2.75, 3.05) is 0 Å². The van der Waals surface area contributed by atoms with Gasteiger partial charge < -0.3 is 0 Å². The number of thiol groups is 1. The van der Waals surface area contributed by atoms with E-state index in [1.807, 2.05) is 0 Å². The Hall–Kier alpha value is -1.31. The second-order valence-corrected chi connectivity index (χ2v) is 3.82. The van der Waals surface area contributed by atoms with Crippen molar-refractivity contribution in [2.24, 2.45) is 0 Å². The number of hydrogen-bond donors (Lipinski definition) is 1. The molecule has 0 saturated heterocycles. The van der Waals surface area contributed by atoms with Crippen LogP contribution in [0.1, 0.15) is 5.56 Å². The van der Waals surface area contributed by atoms with Gasteiger partial charge in [0.1, 0.15) is 11.1 Å². The first-order chi connectivity index (χ1) is 6.65. The van der Waals surface area contributed by atoms with Gasteiger partial charge in [0.15, 0.2) is 10.7 Å². The first-order valence-corrected chi connectivity index (χ1v) is 5.21. The van der Waals surface area contributed by atoms with E-state index >= 15 is 0 Å². The van der Waals surface area contributed by atoms with Gasteiger partial charge in [-0.1, -0.05) is 29.8 Å². The lowest BCUT2D eigenvalue weighted by atomic mass is 10.2. The Morgan fingerprint density at radius 1 is 1.43 bits per heavy atom. The summed E-state index contributed by atoms with van der Waals surface area (Å²) < 4.78 is 21.5. The Balaban J connectivity index is 3.29. The zero-order chi connectivity index (χ0) is 10.6. The van der Waals surface area contributed by atoms with E-state index in [1.54, 1.807) is 24.3 Å². The van der Waals surface area contributed by atoms with E-state index in [9.17, 15) is 8.42 Å². The molecule has 0 bridgehead atoms. The first-order valence-electron chi connectivity index (χ1n) is 3.66. The highest BCUT2D eigenvalue weighted by Gasteiger charge is 2.01. The van der Waals surface area contributed by atoms with Crippen LogP contribution >= 0.6 is 11.6 Å². The Morgan fingerprint density at radius 2 is 2.07 bits per heavy atom. The van der Waals surface area contributed by atoms with Gasteiger partial charge in [-0.3, -0.25) is 0 Å². The van der Waals surface area contributed by atoms with Crippen LogP contribution in [0.25, 0.3) is 6.08 Å². The number of allylic oxidation sites excluding steroid dienone is 1. The van der Waals surface area contributed by atoms with Crippen molar-refractivity contribution in [3.63, 3.8) is 0 Å².